The molecule has 1 saturated heterocycles. The van der Waals surface area contributed by atoms with E-state index in [0.717, 1.165) is 11.0 Å². The molecular formula is C15H19N5O6. The topological polar surface area (TPSA) is 153 Å². The number of nitrogens with zero attached hydrogens (tertiary/aromatic N) is 4. The highest BCUT2D eigenvalue weighted by molar-refractivity contribution is 5.89. The number of hydrogen-bond donors (Lipinski definition) is 3. The fourth-order valence-corrected chi connectivity index (χ4v) is 2.67. The van der Waals surface area contributed by atoms with Crippen LogP contribution in [-0.4, -0.2) is 73.7 Å². The predicted molar refractivity (Wildman–Crippen MR) is 85.0 cm³/mol. The fourth-order valence-electron chi connectivity index (χ4n) is 2.67. The molecule has 4 N–H and O–H groups in total. The number of rotatable bonds is 5. The van der Waals surface area contributed by atoms with Crippen molar-refractivity contribution < 1.29 is 29.3 Å². The highest BCUT2D eigenvalue weighted by Gasteiger charge is 2.45. The molecule has 1 aromatic heterocycles. The van der Waals surface area contributed by atoms with Gasteiger partial charge in [-0.15, -0.1) is 5.10 Å². The number of aromatic nitrogens is 3. The van der Waals surface area contributed by atoms with Gasteiger partial charge in [-0.1, -0.05) is 6.08 Å². The van der Waals surface area contributed by atoms with E-state index in [1.165, 1.54) is 0 Å². The van der Waals surface area contributed by atoms with E-state index >= 15 is 0 Å². The maximum atomic E-state index is 12.1. The number of esters is 1. The minimum absolute atomic E-state index is 0.244. The summed E-state index contributed by atoms with van der Waals surface area (Å²) in [5, 5.41) is 24.0. The maximum Gasteiger partial charge on any atom is 0.335 e. The van der Waals surface area contributed by atoms with Crippen LogP contribution < -0.4 is 5.73 Å². The van der Waals surface area contributed by atoms with Crippen LogP contribution >= 0.6 is 0 Å². The summed E-state index contributed by atoms with van der Waals surface area (Å²) in [5.41, 5.74) is 5.54. The molecule has 2 aliphatic heterocycles. The van der Waals surface area contributed by atoms with E-state index in [1.807, 2.05) is 12.3 Å². The standard InChI is InChI=1S/C15H19N5O6/c1-19-4-2-3-8(5-19)15(24)25-6-9-10(21)11(22)14(26-9)20-7-17-13(18-20)12(16)23/h2,4-5,7,9-11,14,21-22H,3,6H2,1H3,(H2,16,23)/t9-,10-,11-,14-/m1/s1. The van der Waals surface area contributed by atoms with Crippen molar-refractivity contribution in [2.24, 2.45) is 5.73 Å². The lowest BCUT2D eigenvalue weighted by molar-refractivity contribution is -0.146. The lowest BCUT2D eigenvalue weighted by atomic mass is 10.1. The van der Waals surface area contributed by atoms with Gasteiger partial charge in [0.25, 0.3) is 5.91 Å². The maximum absolute atomic E-state index is 12.1. The fraction of sp³-hybridized carbons (Fsp3) is 0.467. The molecule has 1 fully saturated rings. The van der Waals surface area contributed by atoms with Gasteiger partial charge in [-0.05, 0) is 6.20 Å². The van der Waals surface area contributed by atoms with Gasteiger partial charge in [0.15, 0.2) is 6.23 Å². The van der Waals surface area contributed by atoms with Gasteiger partial charge < -0.3 is 30.3 Å². The van der Waals surface area contributed by atoms with Crippen molar-refractivity contribution >= 4 is 11.9 Å². The Kier molecular flexibility index (Phi) is 5.02. The smallest absolute Gasteiger partial charge is 0.335 e. The normalized spacial score (nSPS) is 28.1. The molecule has 3 heterocycles. The second-order valence-electron chi connectivity index (χ2n) is 5.97. The monoisotopic (exact) mass is 365 g/mol. The van der Waals surface area contributed by atoms with E-state index < -0.39 is 36.4 Å². The summed E-state index contributed by atoms with van der Waals surface area (Å²) >= 11 is 0. The summed E-state index contributed by atoms with van der Waals surface area (Å²) in [6.07, 6.45) is 2.18. The second kappa shape index (κ2) is 7.23. The van der Waals surface area contributed by atoms with Crippen LogP contribution in [0.4, 0.5) is 0 Å². The summed E-state index contributed by atoms with van der Waals surface area (Å²) in [6, 6.07) is 0. The summed E-state index contributed by atoms with van der Waals surface area (Å²) in [5.74, 6) is -1.61. The molecule has 0 saturated carbocycles. The molecule has 11 heteroatoms. The molecule has 0 bridgehead atoms. The molecule has 4 atom stereocenters. The van der Waals surface area contributed by atoms with Gasteiger partial charge >= 0.3 is 5.97 Å². The Morgan fingerprint density at radius 3 is 2.85 bits per heavy atom. The Hall–Kier alpha value is -2.76. The highest BCUT2D eigenvalue weighted by atomic mass is 16.6. The van der Waals surface area contributed by atoms with Crippen molar-refractivity contribution in [2.75, 3.05) is 13.7 Å². The molecule has 140 valence electrons. The molecule has 0 aromatic carbocycles. The first-order valence-corrected chi connectivity index (χ1v) is 7.86. The first-order chi connectivity index (χ1) is 12.4. The summed E-state index contributed by atoms with van der Waals surface area (Å²) in [6.45, 7) is -0.254. The number of hydrogen-bond acceptors (Lipinski definition) is 9. The van der Waals surface area contributed by atoms with Crippen molar-refractivity contribution in [3.63, 3.8) is 0 Å². The van der Waals surface area contributed by atoms with Crippen LogP contribution in [0.1, 0.15) is 23.3 Å². The number of aliphatic hydroxyl groups is 2. The van der Waals surface area contributed by atoms with Gasteiger partial charge in [0, 0.05) is 19.7 Å². The van der Waals surface area contributed by atoms with Crippen LogP contribution in [0.3, 0.4) is 0 Å². The first kappa shape index (κ1) is 18.0. The third-order valence-electron chi connectivity index (χ3n) is 4.01. The Bertz CT molecular complexity index is 759. The SMILES string of the molecule is CN1C=CCC(C(=O)OC[C@H]2O[C@@H](n3cnc(C(N)=O)n3)[C@H](O)[C@@H]2O)=C1. The predicted octanol–water partition coefficient (Wildman–Crippen LogP) is -1.73. The molecule has 0 aliphatic carbocycles. The lowest BCUT2D eigenvalue weighted by Crippen LogP contribution is -2.34. The third-order valence-corrected chi connectivity index (χ3v) is 4.01. The van der Waals surface area contributed by atoms with Crippen LogP contribution in [0, 0.1) is 0 Å². The summed E-state index contributed by atoms with van der Waals surface area (Å²) in [4.78, 5) is 28.6. The van der Waals surface area contributed by atoms with Crippen LogP contribution in [0.15, 0.2) is 30.4 Å². The third kappa shape index (κ3) is 3.59. The van der Waals surface area contributed by atoms with Gasteiger partial charge in [0.2, 0.25) is 5.82 Å². The molecule has 1 aromatic rings. The Morgan fingerprint density at radius 2 is 2.19 bits per heavy atom. The zero-order valence-electron chi connectivity index (χ0n) is 13.9. The summed E-state index contributed by atoms with van der Waals surface area (Å²) < 4.78 is 11.8. The zero-order valence-corrected chi connectivity index (χ0v) is 13.9. The molecule has 1 amide bonds. The minimum Gasteiger partial charge on any atom is -0.459 e. The van der Waals surface area contributed by atoms with Gasteiger partial charge in [-0.3, -0.25) is 4.79 Å². The number of carbonyl (C=O) groups excluding carboxylic acids is 2. The average Bonchev–Trinajstić information content (AvgIpc) is 3.20. The van der Waals surface area contributed by atoms with Crippen molar-refractivity contribution in [2.45, 2.75) is 31.0 Å². The second-order valence-corrected chi connectivity index (χ2v) is 5.97. The Morgan fingerprint density at radius 1 is 1.42 bits per heavy atom. The highest BCUT2D eigenvalue weighted by Crippen LogP contribution is 2.29. The van der Waals surface area contributed by atoms with E-state index in [9.17, 15) is 19.8 Å². The Balaban J connectivity index is 1.60. The van der Waals surface area contributed by atoms with Gasteiger partial charge in [-0.25, -0.2) is 14.5 Å². The number of carbonyl (C=O) groups is 2. The minimum atomic E-state index is -1.34. The molecule has 0 radical (unpaired) electrons. The lowest BCUT2D eigenvalue weighted by Gasteiger charge is -2.18. The largest absolute Gasteiger partial charge is 0.459 e. The molecule has 11 nitrogen and oxygen atoms in total. The van der Waals surface area contributed by atoms with E-state index in [-0.39, 0.29) is 12.4 Å². The molecule has 0 spiro atoms. The van der Waals surface area contributed by atoms with Crippen LogP contribution in [0.2, 0.25) is 0 Å². The van der Waals surface area contributed by atoms with Crippen molar-refractivity contribution in [3.05, 3.63) is 36.2 Å². The average molecular weight is 365 g/mol. The van der Waals surface area contributed by atoms with E-state index in [2.05, 4.69) is 10.1 Å². The quantitative estimate of drug-likeness (QED) is 0.517. The number of ether oxygens (including phenoxy) is 2. The van der Waals surface area contributed by atoms with Gasteiger partial charge in [0.05, 0.1) is 5.57 Å². The Labute approximate surface area is 148 Å². The van der Waals surface area contributed by atoms with Gasteiger partial charge in [-0.2, -0.15) is 0 Å². The summed E-state index contributed by atoms with van der Waals surface area (Å²) in [7, 11) is 1.78. The first-order valence-electron chi connectivity index (χ1n) is 7.86. The number of primary amides is 1. The van der Waals surface area contributed by atoms with Crippen molar-refractivity contribution in [3.8, 4) is 0 Å². The number of allylic oxidation sites excluding steroid dienone is 1. The van der Waals surface area contributed by atoms with E-state index in [4.69, 9.17) is 15.2 Å². The molecule has 0 unspecified atom stereocenters. The molecule has 3 rings (SSSR count). The number of aliphatic hydroxyl groups excluding tert-OH is 2. The van der Waals surface area contributed by atoms with Gasteiger partial charge in [0.1, 0.15) is 31.2 Å². The van der Waals surface area contributed by atoms with Crippen LogP contribution in [0.25, 0.3) is 0 Å². The zero-order chi connectivity index (χ0) is 18.8. The number of nitrogens with two attached hydrogens (primary N) is 1. The van der Waals surface area contributed by atoms with Crippen molar-refractivity contribution in [1.29, 1.82) is 0 Å². The molecule has 26 heavy (non-hydrogen) atoms. The molecule has 2 aliphatic rings. The van der Waals surface area contributed by atoms with Crippen LogP contribution in [-0.2, 0) is 14.3 Å². The molecular weight excluding hydrogens is 346 g/mol. The van der Waals surface area contributed by atoms with Crippen LogP contribution in [0.5, 0.6) is 0 Å². The van der Waals surface area contributed by atoms with E-state index in [0.29, 0.717) is 12.0 Å². The van der Waals surface area contributed by atoms with Crippen molar-refractivity contribution in [1.82, 2.24) is 19.7 Å². The van der Waals surface area contributed by atoms with E-state index in [1.54, 1.807) is 18.1 Å². The number of amides is 1.